The lowest BCUT2D eigenvalue weighted by atomic mass is 9.89. The summed E-state index contributed by atoms with van der Waals surface area (Å²) >= 11 is 6.32. The highest BCUT2D eigenvalue weighted by Crippen LogP contribution is 2.32. The van der Waals surface area contributed by atoms with Crippen LogP contribution >= 0.6 is 11.6 Å². The number of hydrogen-bond acceptors (Lipinski definition) is 4. The number of aryl methyl sites for hydroxylation is 1. The molecule has 2 aromatic carbocycles. The number of rotatable bonds is 4. The van der Waals surface area contributed by atoms with E-state index in [1.807, 2.05) is 64.1 Å². The maximum atomic E-state index is 13.4. The predicted molar refractivity (Wildman–Crippen MR) is 122 cm³/mol. The number of benzene rings is 2. The minimum Gasteiger partial charge on any atom is -0.477 e. The highest BCUT2D eigenvalue weighted by Gasteiger charge is 2.45. The number of likely N-dealkylation sites (tertiary alicyclic amines) is 1. The smallest absolute Gasteiger partial charge is 0.410 e. The number of carbonyl (C=O) groups is 2. The lowest BCUT2D eigenvalue weighted by Crippen LogP contribution is -2.56. The summed E-state index contributed by atoms with van der Waals surface area (Å²) in [4.78, 5) is 27.5. The molecule has 0 saturated carbocycles. The lowest BCUT2D eigenvalue weighted by Gasteiger charge is -2.40. The molecule has 0 aliphatic carbocycles. The van der Waals surface area contributed by atoms with Crippen molar-refractivity contribution in [2.75, 3.05) is 18.4 Å². The standard InChI is InChI=1S/C24H29ClN2O4/c1-17-10-11-20(19(25)16-17)26-21(28)24(30-18-8-6-5-7-9-18)12-14-27(15-13-24)22(29)31-23(2,3)4/h5-11,16H,12-15H2,1-4H3,(H,26,28). The van der Waals surface area contributed by atoms with Crippen LogP contribution in [0.25, 0.3) is 0 Å². The van der Waals surface area contributed by atoms with E-state index in [4.69, 9.17) is 21.1 Å². The summed E-state index contributed by atoms with van der Waals surface area (Å²) in [5.74, 6) is 0.310. The Morgan fingerprint density at radius 1 is 1.06 bits per heavy atom. The summed E-state index contributed by atoms with van der Waals surface area (Å²) in [6.45, 7) is 8.11. The van der Waals surface area contributed by atoms with Gasteiger partial charge in [-0.25, -0.2) is 4.79 Å². The molecule has 166 valence electrons. The Kier molecular flexibility index (Phi) is 6.80. The number of halogens is 1. The fraction of sp³-hybridized carbons (Fsp3) is 0.417. The largest absolute Gasteiger partial charge is 0.477 e. The van der Waals surface area contributed by atoms with E-state index < -0.39 is 11.2 Å². The van der Waals surface area contributed by atoms with Gasteiger partial charge in [0.25, 0.3) is 5.91 Å². The minimum atomic E-state index is -1.13. The summed E-state index contributed by atoms with van der Waals surface area (Å²) in [6.07, 6.45) is 0.273. The van der Waals surface area contributed by atoms with Gasteiger partial charge < -0.3 is 19.7 Å². The zero-order chi connectivity index (χ0) is 22.6. The van der Waals surface area contributed by atoms with E-state index in [2.05, 4.69) is 5.32 Å². The summed E-state index contributed by atoms with van der Waals surface area (Å²) in [7, 11) is 0. The Labute approximate surface area is 188 Å². The highest BCUT2D eigenvalue weighted by molar-refractivity contribution is 6.33. The molecule has 1 aliphatic rings. The van der Waals surface area contributed by atoms with E-state index in [9.17, 15) is 9.59 Å². The fourth-order valence-electron chi connectivity index (χ4n) is 3.42. The van der Waals surface area contributed by atoms with Gasteiger partial charge in [0.1, 0.15) is 11.4 Å². The van der Waals surface area contributed by atoms with E-state index in [1.165, 1.54) is 0 Å². The second kappa shape index (κ2) is 9.18. The molecule has 2 aromatic rings. The van der Waals surface area contributed by atoms with Gasteiger partial charge in [-0.15, -0.1) is 0 Å². The van der Waals surface area contributed by atoms with E-state index in [-0.39, 0.29) is 12.0 Å². The first-order valence-electron chi connectivity index (χ1n) is 10.4. The van der Waals surface area contributed by atoms with Crippen molar-refractivity contribution in [3.8, 4) is 5.75 Å². The quantitative estimate of drug-likeness (QED) is 0.682. The van der Waals surface area contributed by atoms with Crippen molar-refractivity contribution < 1.29 is 19.1 Å². The molecule has 0 atom stereocenters. The topological polar surface area (TPSA) is 67.9 Å². The van der Waals surface area contributed by atoms with Gasteiger partial charge in [0.05, 0.1) is 10.7 Å². The van der Waals surface area contributed by atoms with Crippen molar-refractivity contribution in [3.63, 3.8) is 0 Å². The molecule has 2 amide bonds. The van der Waals surface area contributed by atoms with Crippen molar-refractivity contribution in [2.45, 2.75) is 51.7 Å². The van der Waals surface area contributed by atoms with Crippen molar-refractivity contribution in [3.05, 3.63) is 59.1 Å². The third-order valence-corrected chi connectivity index (χ3v) is 5.38. The first kappa shape index (κ1) is 22.9. The number of ether oxygens (including phenoxy) is 2. The third kappa shape index (κ3) is 5.91. The van der Waals surface area contributed by atoms with Crippen molar-refractivity contribution >= 4 is 29.3 Å². The number of amides is 2. The van der Waals surface area contributed by atoms with Crippen LogP contribution in [0, 0.1) is 6.92 Å². The number of carbonyl (C=O) groups excluding carboxylic acids is 2. The van der Waals surface area contributed by atoms with Crippen LogP contribution in [-0.4, -0.2) is 41.2 Å². The Morgan fingerprint density at radius 3 is 2.29 bits per heavy atom. The molecule has 7 heteroatoms. The molecule has 3 rings (SSSR count). The first-order chi connectivity index (χ1) is 14.6. The Balaban J connectivity index is 1.80. The van der Waals surface area contributed by atoms with Crippen molar-refractivity contribution in [2.24, 2.45) is 0 Å². The molecule has 0 radical (unpaired) electrons. The average molecular weight is 445 g/mol. The third-order valence-electron chi connectivity index (χ3n) is 5.07. The summed E-state index contributed by atoms with van der Waals surface area (Å²) in [5, 5.41) is 3.39. The molecule has 1 aliphatic heterocycles. The lowest BCUT2D eigenvalue weighted by molar-refractivity contribution is -0.135. The zero-order valence-corrected chi connectivity index (χ0v) is 19.2. The first-order valence-corrected chi connectivity index (χ1v) is 10.8. The number of nitrogens with zero attached hydrogens (tertiary/aromatic N) is 1. The van der Waals surface area contributed by atoms with Gasteiger partial charge in [0.15, 0.2) is 5.60 Å². The number of hydrogen-bond donors (Lipinski definition) is 1. The minimum absolute atomic E-state index is 0.286. The predicted octanol–water partition coefficient (Wildman–Crippen LogP) is 5.44. The number of piperidine rings is 1. The van der Waals surface area contributed by atoms with Crippen LogP contribution in [0.1, 0.15) is 39.2 Å². The van der Waals surface area contributed by atoms with Gasteiger partial charge in [0, 0.05) is 25.9 Å². The van der Waals surface area contributed by atoms with E-state index in [0.29, 0.717) is 42.4 Å². The van der Waals surface area contributed by atoms with Crippen LogP contribution in [0.15, 0.2) is 48.5 Å². The van der Waals surface area contributed by atoms with Gasteiger partial charge >= 0.3 is 6.09 Å². The van der Waals surface area contributed by atoms with Crippen molar-refractivity contribution in [1.29, 1.82) is 0 Å². The Hall–Kier alpha value is -2.73. The normalized spacial score (nSPS) is 15.8. The molecule has 1 saturated heterocycles. The zero-order valence-electron chi connectivity index (χ0n) is 18.4. The highest BCUT2D eigenvalue weighted by atomic mass is 35.5. The van der Waals surface area contributed by atoms with Gasteiger partial charge in [-0.2, -0.15) is 0 Å². The molecule has 1 heterocycles. The number of para-hydroxylation sites is 1. The van der Waals surface area contributed by atoms with E-state index in [1.54, 1.807) is 17.0 Å². The van der Waals surface area contributed by atoms with Crippen LogP contribution < -0.4 is 10.1 Å². The Bertz CT molecular complexity index is 932. The molecule has 31 heavy (non-hydrogen) atoms. The van der Waals surface area contributed by atoms with Gasteiger partial charge in [-0.05, 0) is 57.5 Å². The van der Waals surface area contributed by atoms with Gasteiger partial charge in [-0.3, -0.25) is 4.79 Å². The van der Waals surface area contributed by atoms with Gasteiger partial charge in [0.2, 0.25) is 0 Å². The summed E-state index contributed by atoms with van der Waals surface area (Å²) in [5.41, 5.74) is -0.174. The van der Waals surface area contributed by atoms with Crippen molar-refractivity contribution in [1.82, 2.24) is 4.90 Å². The van der Waals surface area contributed by atoms with Crippen LogP contribution in [0.3, 0.4) is 0 Å². The molecule has 0 aromatic heterocycles. The van der Waals surface area contributed by atoms with Crippen LogP contribution in [-0.2, 0) is 9.53 Å². The van der Waals surface area contributed by atoms with Crippen LogP contribution in [0.4, 0.5) is 10.5 Å². The monoisotopic (exact) mass is 444 g/mol. The van der Waals surface area contributed by atoms with Crippen LogP contribution in [0.2, 0.25) is 5.02 Å². The SMILES string of the molecule is Cc1ccc(NC(=O)C2(Oc3ccccc3)CCN(C(=O)OC(C)(C)C)CC2)c(Cl)c1. The number of nitrogens with one attached hydrogen (secondary N) is 1. The second-order valence-corrected chi connectivity index (χ2v) is 9.22. The number of anilines is 1. The molecule has 6 nitrogen and oxygen atoms in total. The molecule has 0 spiro atoms. The summed E-state index contributed by atoms with van der Waals surface area (Å²) in [6, 6.07) is 14.7. The molecule has 1 N–H and O–H groups in total. The summed E-state index contributed by atoms with van der Waals surface area (Å²) < 4.78 is 11.7. The average Bonchev–Trinajstić information content (AvgIpc) is 2.70. The van der Waals surface area contributed by atoms with E-state index in [0.717, 1.165) is 5.56 Å². The fourth-order valence-corrected chi connectivity index (χ4v) is 3.71. The van der Waals surface area contributed by atoms with Gasteiger partial charge in [-0.1, -0.05) is 35.9 Å². The molecule has 0 bridgehead atoms. The second-order valence-electron chi connectivity index (χ2n) is 8.81. The maximum absolute atomic E-state index is 13.4. The molecular formula is C24H29ClN2O4. The maximum Gasteiger partial charge on any atom is 0.410 e. The van der Waals surface area contributed by atoms with E-state index >= 15 is 0 Å². The molecule has 1 fully saturated rings. The Morgan fingerprint density at radius 2 is 1.71 bits per heavy atom. The van der Waals surface area contributed by atoms with Crippen LogP contribution in [0.5, 0.6) is 5.75 Å². The molecular weight excluding hydrogens is 416 g/mol. The molecule has 0 unspecified atom stereocenters.